The lowest BCUT2D eigenvalue weighted by atomic mass is 10.0. The minimum atomic E-state index is -0.184. The van der Waals surface area contributed by atoms with Gasteiger partial charge in [-0.25, -0.2) is 0 Å². The number of likely N-dealkylation sites (tertiary alicyclic amines) is 1. The van der Waals surface area contributed by atoms with Crippen LogP contribution in [0.15, 0.2) is 24.3 Å². The molecule has 1 amide bonds. The van der Waals surface area contributed by atoms with Crippen molar-refractivity contribution in [2.24, 2.45) is 0 Å². The summed E-state index contributed by atoms with van der Waals surface area (Å²) in [5, 5.41) is 6.93. The van der Waals surface area contributed by atoms with Crippen LogP contribution in [0.4, 0.5) is 5.95 Å². The smallest absolute Gasteiger partial charge is 0.291 e. The number of nitrogens with zero attached hydrogens (tertiary/aromatic N) is 3. The van der Waals surface area contributed by atoms with Crippen molar-refractivity contribution in [1.82, 2.24) is 20.1 Å². The van der Waals surface area contributed by atoms with E-state index in [0.29, 0.717) is 11.6 Å². The van der Waals surface area contributed by atoms with E-state index in [1.54, 1.807) is 4.90 Å². The molecule has 2 aromatic rings. The first-order valence-electron chi connectivity index (χ1n) is 6.39. The Hall–Kier alpha value is -2.08. The second-order valence-electron chi connectivity index (χ2n) is 4.75. The number of carbonyl (C=O) groups is 1. The highest BCUT2D eigenvalue weighted by Crippen LogP contribution is 2.33. The number of aromatic amines is 1. The number of aromatic nitrogens is 3. The summed E-state index contributed by atoms with van der Waals surface area (Å²) in [4.78, 5) is 18.1. The molecule has 6 nitrogen and oxygen atoms in total. The van der Waals surface area contributed by atoms with Crippen molar-refractivity contribution in [2.45, 2.75) is 18.9 Å². The number of rotatable bonds is 2. The van der Waals surface area contributed by atoms with Crippen LogP contribution in [0.3, 0.4) is 0 Å². The average Bonchev–Trinajstić information content (AvgIpc) is 3.06. The molecule has 1 unspecified atom stereocenters. The van der Waals surface area contributed by atoms with E-state index < -0.39 is 0 Å². The molecule has 1 aromatic heterocycles. The lowest BCUT2D eigenvalue weighted by Crippen LogP contribution is -2.31. The number of amides is 1. The molecule has 0 saturated carbocycles. The third kappa shape index (κ3) is 2.34. The van der Waals surface area contributed by atoms with Crippen molar-refractivity contribution in [2.75, 3.05) is 12.3 Å². The summed E-state index contributed by atoms with van der Waals surface area (Å²) in [6.45, 7) is 0.691. The fraction of sp³-hybridized carbons (Fsp3) is 0.308. The molecule has 1 atom stereocenters. The zero-order chi connectivity index (χ0) is 14.1. The Balaban J connectivity index is 1.87. The molecule has 3 N–H and O–H groups in total. The third-order valence-electron chi connectivity index (χ3n) is 3.45. The largest absolute Gasteiger partial charge is 0.366 e. The van der Waals surface area contributed by atoms with Crippen LogP contribution < -0.4 is 5.73 Å². The number of nitrogens with two attached hydrogens (primary N) is 1. The maximum atomic E-state index is 12.4. The molecule has 1 aliphatic rings. The number of nitrogen functional groups attached to an aromatic ring is 1. The van der Waals surface area contributed by atoms with E-state index in [-0.39, 0.29) is 23.7 Å². The van der Waals surface area contributed by atoms with E-state index in [4.69, 9.17) is 17.3 Å². The van der Waals surface area contributed by atoms with Gasteiger partial charge in [-0.15, -0.1) is 5.10 Å². The molecule has 0 spiro atoms. The second kappa shape index (κ2) is 5.13. The topological polar surface area (TPSA) is 87.9 Å². The van der Waals surface area contributed by atoms with Gasteiger partial charge in [-0.2, -0.15) is 4.98 Å². The maximum absolute atomic E-state index is 12.4. The fourth-order valence-electron chi connectivity index (χ4n) is 2.58. The Kier molecular flexibility index (Phi) is 3.31. The van der Waals surface area contributed by atoms with Crippen molar-refractivity contribution in [3.8, 4) is 0 Å². The standard InChI is InChI=1S/C13H14ClN5O/c14-9-4-1-3-8(7-9)10-5-2-6-19(10)12(20)11-16-13(15)18-17-11/h1,3-4,7,10H,2,5-6H2,(H3,15,16,17,18). The zero-order valence-corrected chi connectivity index (χ0v) is 11.5. The van der Waals surface area contributed by atoms with Gasteiger partial charge in [0.25, 0.3) is 5.91 Å². The number of nitrogens with one attached hydrogen (secondary N) is 1. The molecule has 1 aliphatic heterocycles. The van der Waals surface area contributed by atoms with Crippen LogP contribution in [-0.4, -0.2) is 32.5 Å². The van der Waals surface area contributed by atoms with E-state index in [9.17, 15) is 4.79 Å². The monoisotopic (exact) mass is 291 g/mol. The van der Waals surface area contributed by atoms with Crippen molar-refractivity contribution in [3.63, 3.8) is 0 Å². The zero-order valence-electron chi connectivity index (χ0n) is 10.7. The molecule has 3 rings (SSSR count). The predicted octanol–water partition coefficient (Wildman–Crippen LogP) is 2.02. The Morgan fingerprint density at radius 2 is 2.35 bits per heavy atom. The molecule has 0 bridgehead atoms. The van der Waals surface area contributed by atoms with Gasteiger partial charge in [-0.1, -0.05) is 23.7 Å². The third-order valence-corrected chi connectivity index (χ3v) is 3.69. The highest BCUT2D eigenvalue weighted by Gasteiger charge is 2.32. The van der Waals surface area contributed by atoms with Gasteiger partial charge in [0.15, 0.2) is 0 Å². The van der Waals surface area contributed by atoms with Gasteiger partial charge in [0.05, 0.1) is 6.04 Å². The van der Waals surface area contributed by atoms with E-state index in [0.717, 1.165) is 18.4 Å². The normalized spacial score (nSPS) is 18.4. The van der Waals surface area contributed by atoms with Crippen LogP contribution in [-0.2, 0) is 0 Å². The van der Waals surface area contributed by atoms with Crippen molar-refractivity contribution >= 4 is 23.5 Å². The van der Waals surface area contributed by atoms with Crippen molar-refractivity contribution in [1.29, 1.82) is 0 Å². The maximum Gasteiger partial charge on any atom is 0.291 e. The quantitative estimate of drug-likeness (QED) is 0.886. The molecule has 1 fully saturated rings. The first-order chi connectivity index (χ1) is 9.65. The molecule has 0 radical (unpaired) electrons. The van der Waals surface area contributed by atoms with E-state index in [1.807, 2.05) is 24.3 Å². The summed E-state index contributed by atoms with van der Waals surface area (Å²) >= 11 is 6.02. The lowest BCUT2D eigenvalue weighted by molar-refractivity contribution is 0.0723. The number of halogens is 1. The second-order valence-corrected chi connectivity index (χ2v) is 5.19. The first-order valence-corrected chi connectivity index (χ1v) is 6.77. The van der Waals surface area contributed by atoms with Crippen LogP contribution in [0, 0.1) is 0 Å². The summed E-state index contributed by atoms with van der Waals surface area (Å²) in [6.07, 6.45) is 1.86. The minimum Gasteiger partial charge on any atom is -0.366 e. The van der Waals surface area contributed by atoms with E-state index >= 15 is 0 Å². The first kappa shape index (κ1) is 12.9. The molecular weight excluding hydrogens is 278 g/mol. The molecule has 2 heterocycles. The molecule has 1 saturated heterocycles. The molecule has 104 valence electrons. The molecular formula is C13H14ClN5O. The number of benzene rings is 1. The van der Waals surface area contributed by atoms with Gasteiger partial charge >= 0.3 is 0 Å². The summed E-state index contributed by atoms with van der Waals surface area (Å²) in [5.41, 5.74) is 6.48. The highest BCUT2D eigenvalue weighted by atomic mass is 35.5. The highest BCUT2D eigenvalue weighted by molar-refractivity contribution is 6.30. The molecule has 1 aromatic carbocycles. The van der Waals surface area contributed by atoms with Gasteiger partial charge in [0.1, 0.15) is 0 Å². The van der Waals surface area contributed by atoms with Gasteiger partial charge in [-0.3, -0.25) is 9.89 Å². The van der Waals surface area contributed by atoms with Gasteiger partial charge in [0, 0.05) is 11.6 Å². The summed E-state index contributed by atoms with van der Waals surface area (Å²) in [7, 11) is 0. The Bertz CT molecular complexity index is 641. The Morgan fingerprint density at radius 3 is 3.05 bits per heavy atom. The Labute approximate surface area is 120 Å². The van der Waals surface area contributed by atoms with E-state index in [2.05, 4.69) is 15.2 Å². The molecule has 0 aliphatic carbocycles. The van der Waals surface area contributed by atoms with Gasteiger partial charge in [0.2, 0.25) is 11.8 Å². The van der Waals surface area contributed by atoms with Crippen molar-refractivity contribution in [3.05, 3.63) is 40.7 Å². The molecule has 7 heteroatoms. The van der Waals surface area contributed by atoms with Crippen molar-refractivity contribution < 1.29 is 4.79 Å². The minimum absolute atomic E-state index is 0.0209. The summed E-state index contributed by atoms with van der Waals surface area (Å²) in [6, 6.07) is 7.62. The van der Waals surface area contributed by atoms with Gasteiger partial charge in [-0.05, 0) is 30.5 Å². The summed E-state index contributed by atoms with van der Waals surface area (Å²) < 4.78 is 0. The van der Waals surface area contributed by atoms with Crippen LogP contribution in [0.25, 0.3) is 0 Å². The van der Waals surface area contributed by atoms with Crippen LogP contribution in [0.5, 0.6) is 0 Å². The Morgan fingerprint density at radius 1 is 1.50 bits per heavy atom. The fourth-order valence-corrected chi connectivity index (χ4v) is 2.78. The average molecular weight is 292 g/mol. The number of anilines is 1. The number of hydrogen-bond donors (Lipinski definition) is 2. The SMILES string of the molecule is Nc1n[nH]c(C(=O)N2CCCC2c2cccc(Cl)c2)n1. The van der Waals surface area contributed by atoms with Crippen LogP contribution in [0.2, 0.25) is 5.02 Å². The van der Waals surface area contributed by atoms with E-state index in [1.165, 1.54) is 0 Å². The molecule has 20 heavy (non-hydrogen) atoms. The summed E-state index contributed by atoms with van der Waals surface area (Å²) in [5.74, 6) is 0.0694. The number of H-pyrrole nitrogens is 1. The van der Waals surface area contributed by atoms with Gasteiger partial charge < -0.3 is 10.6 Å². The lowest BCUT2D eigenvalue weighted by Gasteiger charge is -2.24. The number of carbonyl (C=O) groups excluding carboxylic acids is 1. The predicted molar refractivity (Wildman–Crippen MR) is 75.3 cm³/mol. The van der Waals surface area contributed by atoms with Crippen LogP contribution >= 0.6 is 11.6 Å². The van der Waals surface area contributed by atoms with Crippen LogP contribution in [0.1, 0.15) is 35.1 Å². The number of hydrogen-bond acceptors (Lipinski definition) is 4.